The number of hydrogen-bond donors (Lipinski definition) is 0. The standard InChI is InChI=1S/C15H14F2N2O/c1-3-19(11-6-4-5-10(2)9-11)15(20)12-7-8-18-14(17)13(12)16/h4-9H,3H2,1-2H3. The molecular formula is C15H14F2N2O. The Hall–Kier alpha value is -2.30. The SMILES string of the molecule is CCN(C(=O)c1ccnc(F)c1F)c1cccc(C)c1. The second kappa shape index (κ2) is 5.77. The zero-order valence-corrected chi connectivity index (χ0v) is 11.2. The van der Waals surface area contributed by atoms with Crippen molar-refractivity contribution in [2.45, 2.75) is 13.8 Å². The van der Waals surface area contributed by atoms with Crippen LogP contribution >= 0.6 is 0 Å². The first-order chi connectivity index (χ1) is 9.54. The molecular weight excluding hydrogens is 262 g/mol. The molecule has 0 spiro atoms. The number of aromatic nitrogens is 1. The van der Waals surface area contributed by atoms with E-state index in [0.29, 0.717) is 12.2 Å². The van der Waals surface area contributed by atoms with Gasteiger partial charge in [-0.15, -0.1) is 0 Å². The zero-order chi connectivity index (χ0) is 14.7. The van der Waals surface area contributed by atoms with E-state index >= 15 is 0 Å². The van der Waals surface area contributed by atoms with E-state index in [0.717, 1.165) is 11.8 Å². The van der Waals surface area contributed by atoms with Crippen molar-refractivity contribution < 1.29 is 13.6 Å². The highest BCUT2D eigenvalue weighted by Crippen LogP contribution is 2.20. The summed E-state index contributed by atoms with van der Waals surface area (Å²) in [6, 6.07) is 8.46. The lowest BCUT2D eigenvalue weighted by atomic mass is 10.1. The van der Waals surface area contributed by atoms with Crippen LogP contribution in [-0.2, 0) is 0 Å². The fourth-order valence-electron chi connectivity index (χ4n) is 1.97. The fraction of sp³-hybridized carbons (Fsp3) is 0.200. The van der Waals surface area contributed by atoms with Gasteiger partial charge in [0.25, 0.3) is 5.91 Å². The molecule has 0 saturated heterocycles. The maximum atomic E-state index is 13.7. The van der Waals surface area contributed by atoms with E-state index in [1.165, 1.54) is 11.0 Å². The van der Waals surface area contributed by atoms with Gasteiger partial charge >= 0.3 is 0 Å². The predicted octanol–water partition coefficient (Wildman–Crippen LogP) is 3.33. The zero-order valence-electron chi connectivity index (χ0n) is 11.2. The van der Waals surface area contributed by atoms with Crippen molar-refractivity contribution in [3.63, 3.8) is 0 Å². The number of amides is 1. The number of anilines is 1. The quantitative estimate of drug-likeness (QED) is 0.806. The summed E-state index contributed by atoms with van der Waals surface area (Å²) in [5, 5.41) is 0. The van der Waals surface area contributed by atoms with Crippen molar-refractivity contribution in [3.8, 4) is 0 Å². The molecule has 20 heavy (non-hydrogen) atoms. The molecule has 0 aliphatic heterocycles. The normalized spacial score (nSPS) is 10.4. The van der Waals surface area contributed by atoms with Gasteiger partial charge < -0.3 is 4.90 Å². The molecule has 3 nitrogen and oxygen atoms in total. The molecule has 1 aromatic heterocycles. The van der Waals surface area contributed by atoms with E-state index in [9.17, 15) is 13.6 Å². The summed E-state index contributed by atoms with van der Waals surface area (Å²) < 4.78 is 26.8. The van der Waals surface area contributed by atoms with Crippen molar-refractivity contribution in [1.29, 1.82) is 0 Å². The second-order valence-corrected chi connectivity index (χ2v) is 4.35. The third-order valence-corrected chi connectivity index (χ3v) is 2.95. The molecule has 0 radical (unpaired) electrons. The molecule has 2 aromatic rings. The fourth-order valence-corrected chi connectivity index (χ4v) is 1.97. The number of nitrogens with zero attached hydrogens (tertiary/aromatic N) is 2. The van der Waals surface area contributed by atoms with Crippen LogP contribution < -0.4 is 4.90 Å². The van der Waals surface area contributed by atoms with E-state index in [2.05, 4.69) is 4.98 Å². The van der Waals surface area contributed by atoms with Crippen LogP contribution in [0.3, 0.4) is 0 Å². The number of carbonyl (C=O) groups is 1. The minimum Gasteiger partial charge on any atom is -0.309 e. The van der Waals surface area contributed by atoms with Crippen LogP contribution in [0.25, 0.3) is 0 Å². The number of hydrogen-bond acceptors (Lipinski definition) is 2. The Labute approximate surface area is 115 Å². The topological polar surface area (TPSA) is 33.2 Å². The van der Waals surface area contributed by atoms with E-state index in [1.807, 2.05) is 25.1 Å². The monoisotopic (exact) mass is 276 g/mol. The number of aryl methyl sites for hydroxylation is 1. The lowest BCUT2D eigenvalue weighted by Crippen LogP contribution is -2.31. The molecule has 0 aliphatic rings. The third-order valence-electron chi connectivity index (χ3n) is 2.95. The van der Waals surface area contributed by atoms with Gasteiger partial charge in [0, 0.05) is 18.4 Å². The molecule has 0 bridgehead atoms. The molecule has 0 fully saturated rings. The maximum absolute atomic E-state index is 13.7. The van der Waals surface area contributed by atoms with E-state index in [4.69, 9.17) is 0 Å². The van der Waals surface area contributed by atoms with Crippen molar-refractivity contribution in [1.82, 2.24) is 4.98 Å². The van der Waals surface area contributed by atoms with Crippen molar-refractivity contribution in [3.05, 3.63) is 59.4 Å². The predicted molar refractivity (Wildman–Crippen MR) is 72.7 cm³/mol. The van der Waals surface area contributed by atoms with E-state index in [-0.39, 0.29) is 5.56 Å². The number of carbonyl (C=O) groups excluding carboxylic acids is 1. The van der Waals surface area contributed by atoms with Crippen LogP contribution in [0, 0.1) is 18.7 Å². The summed E-state index contributed by atoms with van der Waals surface area (Å²) >= 11 is 0. The van der Waals surface area contributed by atoms with Gasteiger partial charge in [-0.3, -0.25) is 4.79 Å². The van der Waals surface area contributed by atoms with Gasteiger partial charge in [-0.05, 0) is 37.6 Å². The lowest BCUT2D eigenvalue weighted by Gasteiger charge is -2.21. The molecule has 0 aliphatic carbocycles. The van der Waals surface area contributed by atoms with Gasteiger partial charge in [0.1, 0.15) is 0 Å². The van der Waals surface area contributed by atoms with Gasteiger partial charge in [-0.2, -0.15) is 4.39 Å². The van der Waals surface area contributed by atoms with Gasteiger partial charge in [0.05, 0.1) is 5.56 Å². The maximum Gasteiger partial charge on any atom is 0.261 e. The molecule has 1 amide bonds. The Morgan fingerprint density at radius 1 is 1.30 bits per heavy atom. The smallest absolute Gasteiger partial charge is 0.261 e. The first kappa shape index (κ1) is 14.1. The molecule has 0 N–H and O–H groups in total. The van der Waals surface area contributed by atoms with Gasteiger partial charge in [-0.25, -0.2) is 9.37 Å². The van der Waals surface area contributed by atoms with Crippen molar-refractivity contribution in [2.75, 3.05) is 11.4 Å². The summed E-state index contributed by atoms with van der Waals surface area (Å²) in [5.74, 6) is -3.07. The van der Waals surface area contributed by atoms with Crippen LogP contribution in [0.2, 0.25) is 0 Å². The van der Waals surface area contributed by atoms with Crippen LogP contribution in [0.1, 0.15) is 22.8 Å². The summed E-state index contributed by atoms with van der Waals surface area (Å²) in [5.41, 5.74) is 1.31. The summed E-state index contributed by atoms with van der Waals surface area (Å²) in [6.07, 6.45) is 1.08. The summed E-state index contributed by atoms with van der Waals surface area (Å²) in [6.45, 7) is 4.02. The van der Waals surface area contributed by atoms with E-state index < -0.39 is 17.7 Å². The molecule has 0 unspecified atom stereocenters. The minimum absolute atomic E-state index is 0.319. The van der Waals surface area contributed by atoms with Crippen LogP contribution in [0.15, 0.2) is 36.5 Å². The molecule has 0 atom stereocenters. The van der Waals surface area contributed by atoms with Crippen LogP contribution in [-0.4, -0.2) is 17.4 Å². The second-order valence-electron chi connectivity index (χ2n) is 4.35. The minimum atomic E-state index is -1.27. The molecule has 1 aromatic carbocycles. The summed E-state index contributed by atoms with van der Waals surface area (Å²) in [7, 11) is 0. The first-order valence-corrected chi connectivity index (χ1v) is 6.23. The van der Waals surface area contributed by atoms with Crippen molar-refractivity contribution >= 4 is 11.6 Å². The van der Waals surface area contributed by atoms with Gasteiger partial charge in [-0.1, -0.05) is 12.1 Å². The molecule has 104 valence electrons. The van der Waals surface area contributed by atoms with Crippen LogP contribution in [0.5, 0.6) is 0 Å². The molecule has 1 heterocycles. The third kappa shape index (κ3) is 2.66. The molecule has 0 saturated carbocycles. The Balaban J connectivity index is 2.42. The highest BCUT2D eigenvalue weighted by atomic mass is 19.2. The number of rotatable bonds is 3. The molecule has 2 rings (SSSR count). The number of halogens is 2. The van der Waals surface area contributed by atoms with Gasteiger partial charge in [0.15, 0.2) is 5.82 Å². The van der Waals surface area contributed by atoms with Crippen LogP contribution in [0.4, 0.5) is 14.5 Å². The Morgan fingerprint density at radius 3 is 2.70 bits per heavy atom. The first-order valence-electron chi connectivity index (χ1n) is 6.23. The number of benzene rings is 1. The molecule has 5 heteroatoms. The largest absolute Gasteiger partial charge is 0.309 e. The number of pyridine rings is 1. The Morgan fingerprint density at radius 2 is 2.05 bits per heavy atom. The van der Waals surface area contributed by atoms with Gasteiger partial charge in [0.2, 0.25) is 5.95 Å². The Bertz CT molecular complexity index is 644. The van der Waals surface area contributed by atoms with E-state index in [1.54, 1.807) is 13.0 Å². The lowest BCUT2D eigenvalue weighted by molar-refractivity contribution is 0.0983. The average Bonchev–Trinajstić information content (AvgIpc) is 2.42. The Kier molecular flexibility index (Phi) is 4.08. The van der Waals surface area contributed by atoms with Crippen molar-refractivity contribution in [2.24, 2.45) is 0 Å². The summed E-state index contributed by atoms with van der Waals surface area (Å²) in [4.78, 5) is 16.9. The highest BCUT2D eigenvalue weighted by molar-refractivity contribution is 6.06. The average molecular weight is 276 g/mol. The highest BCUT2D eigenvalue weighted by Gasteiger charge is 2.22.